The summed E-state index contributed by atoms with van der Waals surface area (Å²) in [4.78, 5) is 16.6. The Kier molecular flexibility index (Phi) is 3.33. The van der Waals surface area contributed by atoms with E-state index < -0.39 is 0 Å². The molecule has 1 spiro atoms. The molecule has 2 N–H and O–H groups in total. The lowest BCUT2D eigenvalue weighted by Gasteiger charge is -2.56. The van der Waals surface area contributed by atoms with Crippen molar-refractivity contribution in [3.63, 3.8) is 0 Å². The van der Waals surface area contributed by atoms with Gasteiger partial charge in [-0.3, -0.25) is 5.32 Å². The van der Waals surface area contributed by atoms with Gasteiger partial charge in [-0.1, -0.05) is 18.9 Å². The van der Waals surface area contributed by atoms with Crippen LogP contribution in [0.15, 0.2) is 18.3 Å². The van der Waals surface area contributed by atoms with Gasteiger partial charge in [-0.25, -0.2) is 9.78 Å². The summed E-state index contributed by atoms with van der Waals surface area (Å²) >= 11 is 0. The topological polar surface area (TPSA) is 63.2 Å². The van der Waals surface area contributed by atoms with Gasteiger partial charge >= 0.3 is 6.03 Å². The van der Waals surface area contributed by atoms with Crippen molar-refractivity contribution in [2.24, 2.45) is 11.3 Å². The Morgan fingerprint density at radius 3 is 2.91 bits per heavy atom. The molecular weight excluding hydrogens is 278 g/mol. The van der Waals surface area contributed by atoms with E-state index in [1.165, 1.54) is 25.7 Å². The van der Waals surface area contributed by atoms with Gasteiger partial charge in [0.2, 0.25) is 0 Å². The molecule has 2 amide bonds. The quantitative estimate of drug-likeness (QED) is 0.883. The number of amides is 2. The minimum Gasteiger partial charge on any atom is -0.377 e. The third-order valence-electron chi connectivity index (χ3n) is 5.73. The fraction of sp³-hybridized carbons (Fsp3) is 0.647. The van der Waals surface area contributed by atoms with Gasteiger partial charge in [0.25, 0.3) is 0 Å². The van der Waals surface area contributed by atoms with Crippen LogP contribution < -0.4 is 10.6 Å². The number of aryl methyl sites for hydroxylation is 1. The summed E-state index contributed by atoms with van der Waals surface area (Å²) in [6, 6.07) is 3.90. The van der Waals surface area contributed by atoms with E-state index in [2.05, 4.69) is 15.6 Å². The van der Waals surface area contributed by atoms with Crippen molar-refractivity contribution in [2.75, 3.05) is 11.9 Å². The number of fused-ring (bicyclic) bond motifs is 2. The first-order valence-electron chi connectivity index (χ1n) is 8.31. The largest absolute Gasteiger partial charge is 0.377 e. The molecular formula is C17H23N3O2. The number of anilines is 1. The minimum absolute atomic E-state index is 0.141. The summed E-state index contributed by atoms with van der Waals surface area (Å²) < 4.78 is 5.95. The molecule has 3 fully saturated rings. The lowest BCUT2D eigenvalue weighted by atomic mass is 9.54. The van der Waals surface area contributed by atoms with Crippen molar-refractivity contribution >= 4 is 11.8 Å². The van der Waals surface area contributed by atoms with Gasteiger partial charge < -0.3 is 10.1 Å². The Morgan fingerprint density at radius 2 is 2.18 bits per heavy atom. The van der Waals surface area contributed by atoms with Crippen molar-refractivity contribution in [1.82, 2.24) is 10.3 Å². The normalized spacial score (nSPS) is 31.6. The van der Waals surface area contributed by atoms with Gasteiger partial charge in [-0.15, -0.1) is 0 Å². The first kappa shape index (κ1) is 14.0. The predicted molar refractivity (Wildman–Crippen MR) is 83.7 cm³/mol. The SMILES string of the molecule is Cc1ccc(NC(=O)NC2C3CCOC3C23CCCC3)nc1. The number of carbonyl (C=O) groups is 1. The lowest BCUT2D eigenvalue weighted by Crippen LogP contribution is -2.68. The zero-order chi connectivity index (χ0) is 15.2. The highest BCUT2D eigenvalue weighted by Gasteiger charge is 2.65. The molecule has 118 valence electrons. The van der Waals surface area contributed by atoms with Crippen molar-refractivity contribution in [3.8, 4) is 0 Å². The molecule has 2 heterocycles. The van der Waals surface area contributed by atoms with Crippen LogP contribution in [0.2, 0.25) is 0 Å². The highest BCUT2D eigenvalue weighted by atomic mass is 16.5. The second-order valence-electron chi connectivity index (χ2n) is 6.98. The Morgan fingerprint density at radius 1 is 1.36 bits per heavy atom. The van der Waals surface area contributed by atoms with Gasteiger partial charge in [-0.2, -0.15) is 0 Å². The zero-order valence-electron chi connectivity index (χ0n) is 13.0. The summed E-state index contributed by atoms with van der Waals surface area (Å²) in [6.07, 6.45) is 8.08. The van der Waals surface area contributed by atoms with Crippen molar-refractivity contribution in [2.45, 2.75) is 51.2 Å². The maximum Gasteiger partial charge on any atom is 0.320 e. The molecule has 2 aliphatic carbocycles. The molecule has 22 heavy (non-hydrogen) atoms. The van der Waals surface area contributed by atoms with Crippen LogP contribution in [0.5, 0.6) is 0 Å². The highest BCUT2D eigenvalue weighted by Crippen LogP contribution is 2.60. The maximum absolute atomic E-state index is 12.3. The first-order chi connectivity index (χ1) is 10.7. The van der Waals surface area contributed by atoms with E-state index in [1.807, 2.05) is 19.1 Å². The predicted octanol–water partition coefficient (Wildman–Crippen LogP) is 2.86. The Labute approximate surface area is 130 Å². The van der Waals surface area contributed by atoms with Crippen molar-refractivity contribution in [1.29, 1.82) is 0 Å². The Hall–Kier alpha value is -1.62. The average molecular weight is 301 g/mol. The summed E-state index contributed by atoms with van der Waals surface area (Å²) in [5.41, 5.74) is 1.28. The van der Waals surface area contributed by atoms with Crippen LogP contribution in [-0.4, -0.2) is 29.8 Å². The van der Waals surface area contributed by atoms with Gasteiger partial charge in [0, 0.05) is 30.2 Å². The van der Waals surface area contributed by atoms with Crippen LogP contribution in [0.3, 0.4) is 0 Å². The number of nitrogens with zero attached hydrogens (tertiary/aromatic N) is 1. The second kappa shape index (κ2) is 5.23. The number of ether oxygens (including phenoxy) is 1. The zero-order valence-corrected chi connectivity index (χ0v) is 13.0. The number of urea groups is 1. The number of aromatic nitrogens is 1. The van der Waals surface area contributed by atoms with Crippen LogP contribution >= 0.6 is 0 Å². The molecule has 3 atom stereocenters. The standard InChI is InChI=1S/C17H23N3O2/c1-11-4-5-13(18-10-11)19-16(21)20-14-12-6-9-22-15(12)17(14)7-2-3-8-17/h4-5,10,12,14-15H,2-3,6-9H2,1H3,(H2,18,19,20,21). The summed E-state index contributed by atoms with van der Waals surface area (Å²) in [6.45, 7) is 2.83. The molecule has 1 aromatic heterocycles. The second-order valence-corrected chi connectivity index (χ2v) is 6.98. The van der Waals surface area contributed by atoms with E-state index in [0.29, 0.717) is 17.8 Å². The lowest BCUT2D eigenvalue weighted by molar-refractivity contribution is -0.125. The Bertz CT molecular complexity index is 566. The molecule has 1 aromatic rings. The van der Waals surface area contributed by atoms with Crippen LogP contribution in [0, 0.1) is 18.3 Å². The number of carbonyl (C=O) groups excluding carboxylic acids is 1. The van der Waals surface area contributed by atoms with Crippen molar-refractivity contribution in [3.05, 3.63) is 23.9 Å². The molecule has 2 saturated carbocycles. The average Bonchev–Trinajstić information content (AvgIpc) is 3.15. The van der Waals surface area contributed by atoms with E-state index in [1.54, 1.807) is 6.20 Å². The molecule has 1 aliphatic heterocycles. The van der Waals surface area contributed by atoms with Crippen molar-refractivity contribution < 1.29 is 9.53 Å². The summed E-state index contributed by atoms with van der Waals surface area (Å²) in [7, 11) is 0. The number of pyridine rings is 1. The molecule has 0 aromatic carbocycles. The van der Waals surface area contributed by atoms with Crippen LogP contribution in [-0.2, 0) is 4.74 Å². The van der Waals surface area contributed by atoms with Gasteiger partial charge in [-0.05, 0) is 37.8 Å². The van der Waals surface area contributed by atoms with E-state index in [0.717, 1.165) is 18.6 Å². The van der Waals surface area contributed by atoms with E-state index in [-0.39, 0.29) is 17.5 Å². The third kappa shape index (κ3) is 2.10. The number of nitrogens with one attached hydrogen (secondary N) is 2. The number of hydrogen-bond acceptors (Lipinski definition) is 3. The first-order valence-corrected chi connectivity index (χ1v) is 8.31. The molecule has 4 rings (SSSR count). The summed E-state index contributed by atoms with van der Waals surface area (Å²) in [5.74, 6) is 1.09. The van der Waals surface area contributed by atoms with E-state index in [9.17, 15) is 4.79 Å². The van der Waals surface area contributed by atoms with E-state index >= 15 is 0 Å². The fourth-order valence-corrected chi connectivity index (χ4v) is 4.74. The van der Waals surface area contributed by atoms with E-state index in [4.69, 9.17) is 4.74 Å². The molecule has 5 heteroatoms. The maximum atomic E-state index is 12.3. The summed E-state index contributed by atoms with van der Waals surface area (Å²) in [5, 5.41) is 6.07. The third-order valence-corrected chi connectivity index (χ3v) is 5.73. The molecule has 0 bridgehead atoms. The number of rotatable bonds is 2. The molecule has 3 aliphatic rings. The van der Waals surface area contributed by atoms with Gasteiger partial charge in [0.15, 0.2) is 0 Å². The van der Waals surface area contributed by atoms with Gasteiger partial charge in [0.05, 0.1) is 6.10 Å². The highest BCUT2D eigenvalue weighted by molar-refractivity contribution is 5.88. The number of hydrogen-bond donors (Lipinski definition) is 2. The van der Waals surface area contributed by atoms with Gasteiger partial charge in [0.1, 0.15) is 5.82 Å². The van der Waals surface area contributed by atoms with Crippen LogP contribution in [0.4, 0.5) is 10.6 Å². The molecule has 5 nitrogen and oxygen atoms in total. The molecule has 0 radical (unpaired) electrons. The Balaban J connectivity index is 1.43. The fourth-order valence-electron chi connectivity index (χ4n) is 4.74. The molecule has 1 saturated heterocycles. The van der Waals surface area contributed by atoms with Crippen LogP contribution in [0.25, 0.3) is 0 Å². The smallest absolute Gasteiger partial charge is 0.320 e. The van der Waals surface area contributed by atoms with Crippen LogP contribution in [0.1, 0.15) is 37.7 Å². The monoisotopic (exact) mass is 301 g/mol. The minimum atomic E-state index is -0.141. The molecule has 3 unspecified atom stereocenters.